The molecule has 0 fully saturated rings. The SMILES string of the molecule is NCCCCn1nnc2cc3c(cc21)OCCO3. The molecule has 0 bridgehead atoms. The van der Waals surface area contributed by atoms with Crippen molar-refractivity contribution < 1.29 is 9.47 Å². The Bertz CT molecular complexity index is 552. The van der Waals surface area contributed by atoms with E-state index in [-0.39, 0.29) is 0 Å². The molecule has 6 heteroatoms. The molecule has 0 atom stereocenters. The largest absolute Gasteiger partial charge is 0.486 e. The zero-order chi connectivity index (χ0) is 12.4. The molecule has 0 amide bonds. The van der Waals surface area contributed by atoms with Crippen molar-refractivity contribution in [1.29, 1.82) is 0 Å². The number of ether oxygens (including phenoxy) is 2. The average molecular weight is 248 g/mol. The second-order valence-corrected chi connectivity index (χ2v) is 4.29. The van der Waals surface area contributed by atoms with Crippen molar-refractivity contribution in [2.24, 2.45) is 5.73 Å². The number of aryl methyl sites for hydroxylation is 1. The molecule has 18 heavy (non-hydrogen) atoms. The number of aromatic nitrogens is 3. The van der Waals surface area contributed by atoms with Crippen LogP contribution < -0.4 is 15.2 Å². The Morgan fingerprint density at radius 2 is 1.94 bits per heavy atom. The highest BCUT2D eigenvalue weighted by Crippen LogP contribution is 2.33. The van der Waals surface area contributed by atoms with Crippen LogP contribution in [0.25, 0.3) is 11.0 Å². The molecule has 0 saturated carbocycles. The fourth-order valence-electron chi connectivity index (χ4n) is 2.08. The molecule has 1 aromatic carbocycles. The highest BCUT2D eigenvalue weighted by molar-refractivity contribution is 5.79. The van der Waals surface area contributed by atoms with E-state index in [4.69, 9.17) is 15.2 Å². The van der Waals surface area contributed by atoms with Gasteiger partial charge < -0.3 is 15.2 Å². The molecule has 2 heterocycles. The number of benzene rings is 1. The number of fused-ring (bicyclic) bond motifs is 2. The molecular weight excluding hydrogens is 232 g/mol. The van der Waals surface area contributed by atoms with Crippen LogP contribution in [0.3, 0.4) is 0 Å². The van der Waals surface area contributed by atoms with Crippen LogP contribution in [0.4, 0.5) is 0 Å². The van der Waals surface area contributed by atoms with Gasteiger partial charge in [0.25, 0.3) is 0 Å². The van der Waals surface area contributed by atoms with E-state index in [9.17, 15) is 0 Å². The second-order valence-electron chi connectivity index (χ2n) is 4.29. The topological polar surface area (TPSA) is 75.2 Å². The fourth-order valence-corrected chi connectivity index (χ4v) is 2.08. The molecular formula is C12H16N4O2. The summed E-state index contributed by atoms with van der Waals surface area (Å²) < 4.78 is 13.0. The van der Waals surface area contributed by atoms with E-state index in [0.29, 0.717) is 19.8 Å². The Kier molecular flexibility index (Phi) is 3.02. The second kappa shape index (κ2) is 4.81. The first kappa shape index (κ1) is 11.3. The first-order valence-corrected chi connectivity index (χ1v) is 6.21. The maximum Gasteiger partial charge on any atom is 0.163 e. The maximum absolute atomic E-state index is 5.57. The van der Waals surface area contributed by atoms with Crippen LogP contribution in [0.2, 0.25) is 0 Å². The van der Waals surface area contributed by atoms with Gasteiger partial charge in [0.1, 0.15) is 18.7 Å². The van der Waals surface area contributed by atoms with E-state index < -0.39 is 0 Å². The smallest absolute Gasteiger partial charge is 0.163 e. The van der Waals surface area contributed by atoms with E-state index in [1.54, 1.807) is 0 Å². The Balaban J connectivity index is 1.92. The lowest BCUT2D eigenvalue weighted by molar-refractivity contribution is 0.172. The van der Waals surface area contributed by atoms with Gasteiger partial charge in [0.05, 0.1) is 5.52 Å². The zero-order valence-electron chi connectivity index (χ0n) is 10.1. The van der Waals surface area contributed by atoms with Gasteiger partial charge in [0, 0.05) is 18.7 Å². The van der Waals surface area contributed by atoms with Crippen LogP contribution in [0.5, 0.6) is 11.5 Å². The summed E-state index contributed by atoms with van der Waals surface area (Å²) in [4.78, 5) is 0. The molecule has 0 radical (unpaired) electrons. The molecule has 3 rings (SSSR count). The van der Waals surface area contributed by atoms with Gasteiger partial charge in [-0.25, -0.2) is 4.68 Å². The molecule has 2 aromatic rings. The van der Waals surface area contributed by atoms with Crippen molar-refractivity contribution in [3.8, 4) is 11.5 Å². The number of unbranched alkanes of at least 4 members (excludes halogenated alkanes) is 1. The third kappa shape index (κ3) is 1.99. The van der Waals surface area contributed by atoms with Crippen molar-refractivity contribution in [2.75, 3.05) is 19.8 Å². The van der Waals surface area contributed by atoms with E-state index in [0.717, 1.165) is 41.9 Å². The number of hydrogen-bond acceptors (Lipinski definition) is 5. The minimum atomic E-state index is 0.586. The normalized spacial score (nSPS) is 14.1. The minimum Gasteiger partial charge on any atom is -0.486 e. The molecule has 6 nitrogen and oxygen atoms in total. The number of nitrogens with two attached hydrogens (primary N) is 1. The molecule has 0 unspecified atom stereocenters. The molecule has 2 N–H and O–H groups in total. The Morgan fingerprint density at radius 1 is 1.17 bits per heavy atom. The van der Waals surface area contributed by atoms with Gasteiger partial charge >= 0.3 is 0 Å². The molecule has 0 aliphatic carbocycles. The maximum atomic E-state index is 5.57. The lowest BCUT2D eigenvalue weighted by atomic mass is 10.2. The number of nitrogens with zero attached hydrogens (tertiary/aromatic N) is 3. The Morgan fingerprint density at radius 3 is 2.72 bits per heavy atom. The van der Waals surface area contributed by atoms with E-state index in [1.165, 1.54) is 0 Å². The third-order valence-electron chi connectivity index (χ3n) is 3.00. The van der Waals surface area contributed by atoms with Gasteiger partial charge in [-0.15, -0.1) is 5.10 Å². The summed E-state index contributed by atoms with van der Waals surface area (Å²) in [6, 6.07) is 3.84. The summed E-state index contributed by atoms with van der Waals surface area (Å²) in [6.07, 6.45) is 2.00. The molecule has 96 valence electrons. The van der Waals surface area contributed by atoms with E-state index >= 15 is 0 Å². The molecule has 1 aliphatic heterocycles. The van der Waals surface area contributed by atoms with Crippen molar-refractivity contribution in [3.63, 3.8) is 0 Å². The van der Waals surface area contributed by atoms with E-state index in [1.807, 2.05) is 16.8 Å². The van der Waals surface area contributed by atoms with Crippen molar-refractivity contribution in [1.82, 2.24) is 15.0 Å². The minimum absolute atomic E-state index is 0.586. The summed E-state index contributed by atoms with van der Waals surface area (Å²) in [5.41, 5.74) is 7.31. The summed E-state index contributed by atoms with van der Waals surface area (Å²) >= 11 is 0. The van der Waals surface area contributed by atoms with Crippen LogP contribution in [0.15, 0.2) is 12.1 Å². The Hall–Kier alpha value is -1.82. The van der Waals surface area contributed by atoms with Crippen molar-refractivity contribution >= 4 is 11.0 Å². The van der Waals surface area contributed by atoms with Crippen LogP contribution >= 0.6 is 0 Å². The predicted molar refractivity (Wildman–Crippen MR) is 66.8 cm³/mol. The zero-order valence-corrected chi connectivity index (χ0v) is 10.1. The predicted octanol–water partition coefficient (Wildman–Crippen LogP) is 0.941. The van der Waals surface area contributed by atoms with Crippen LogP contribution in [-0.2, 0) is 6.54 Å². The summed E-state index contributed by atoms with van der Waals surface area (Å²) in [7, 11) is 0. The highest BCUT2D eigenvalue weighted by atomic mass is 16.6. The van der Waals surface area contributed by atoms with Gasteiger partial charge in [-0.3, -0.25) is 0 Å². The lowest BCUT2D eigenvalue weighted by Gasteiger charge is -2.17. The van der Waals surface area contributed by atoms with E-state index in [2.05, 4.69) is 10.3 Å². The molecule has 1 aromatic heterocycles. The first-order valence-electron chi connectivity index (χ1n) is 6.21. The first-order chi connectivity index (χ1) is 8.88. The molecule has 0 spiro atoms. The van der Waals surface area contributed by atoms with Crippen LogP contribution in [0.1, 0.15) is 12.8 Å². The van der Waals surface area contributed by atoms with Crippen LogP contribution in [-0.4, -0.2) is 34.8 Å². The summed E-state index contributed by atoms with van der Waals surface area (Å²) in [5.74, 6) is 1.53. The quantitative estimate of drug-likeness (QED) is 0.815. The third-order valence-corrected chi connectivity index (χ3v) is 3.00. The number of rotatable bonds is 4. The van der Waals surface area contributed by atoms with Crippen LogP contribution in [0, 0.1) is 0 Å². The lowest BCUT2D eigenvalue weighted by Crippen LogP contribution is -2.15. The van der Waals surface area contributed by atoms with Gasteiger partial charge in [0.2, 0.25) is 0 Å². The van der Waals surface area contributed by atoms with Crippen molar-refractivity contribution in [2.45, 2.75) is 19.4 Å². The highest BCUT2D eigenvalue weighted by Gasteiger charge is 2.15. The monoisotopic (exact) mass is 248 g/mol. The molecule has 0 saturated heterocycles. The van der Waals surface area contributed by atoms with Crippen molar-refractivity contribution in [3.05, 3.63) is 12.1 Å². The van der Waals surface area contributed by atoms with Gasteiger partial charge in [-0.05, 0) is 19.4 Å². The summed E-state index contributed by atoms with van der Waals surface area (Å²) in [5, 5.41) is 8.30. The van der Waals surface area contributed by atoms with Gasteiger partial charge in [-0.1, -0.05) is 5.21 Å². The average Bonchev–Trinajstić information content (AvgIpc) is 2.79. The van der Waals surface area contributed by atoms with Gasteiger partial charge in [-0.2, -0.15) is 0 Å². The Labute approximate surface area is 105 Å². The number of hydrogen-bond donors (Lipinski definition) is 1. The fraction of sp³-hybridized carbons (Fsp3) is 0.500. The summed E-state index contributed by atoms with van der Waals surface area (Å²) in [6.45, 7) is 2.71. The van der Waals surface area contributed by atoms with Gasteiger partial charge in [0.15, 0.2) is 11.5 Å². The standard InChI is InChI=1S/C12H16N4O2/c13-3-1-2-4-16-10-8-12-11(17-5-6-18-12)7-9(10)14-15-16/h7-8H,1-6,13H2. The molecule has 1 aliphatic rings.